The minimum atomic E-state index is -0.933. The summed E-state index contributed by atoms with van der Waals surface area (Å²) in [5.74, 6) is -0.467. The maximum Gasteiger partial charge on any atom is 0.167 e. The molecule has 3 heteroatoms. The van der Waals surface area contributed by atoms with Crippen LogP contribution in [0.2, 0.25) is 0 Å². The second-order valence-electron chi connectivity index (χ2n) is 6.32. The number of aliphatic hydroxyl groups is 1. The largest absolute Gasteiger partial charge is 0.392 e. The van der Waals surface area contributed by atoms with Gasteiger partial charge < -0.3 is 5.11 Å². The van der Waals surface area contributed by atoms with Crippen LogP contribution in [-0.2, 0) is 9.59 Å². The van der Waals surface area contributed by atoms with E-state index in [1.165, 1.54) is 6.08 Å². The molecule has 0 bridgehead atoms. The van der Waals surface area contributed by atoms with E-state index in [4.69, 9.17) is 0 Å². The minimum Gasteiger partial charge on any atom is -0.392 e. The molecule has 94 valence electrons. The van der Waals surface area contributed by atoms with E-state index >= 15 is 0 Å². The topological polar surface area (TPSA) is 54.4 Å². The highest BCUT2D eigenvalue weighted by atomic mass is 16.3. The van der Waals surface area contributed by atoms with Crippen LogP contribution in [0.5, 0.6) is 0 Å². The molecule has 2 rings (SSSR count). The average molecular weight is 236 g/mol. The molecule has 0 aromatic carbocycles. The maximum atomic E-state index is 12.3. The lowest BCUT2D eigenvalue weighted by Crippen LogP contribution is -2.59. The highest BCUT2D eigenvalue weighted by Gasteiger charge is 2.59. The number of carbonyl (C=O) groups excluding carboxylic acids is 2. The van der Waals surface area contributed by atoms with E-state index in [1.807, 2.05) is 13.8 Å². The lowest BCUT2D eigenvalue weighted by Gasteiger charge is -2.52. The van der Waals surface area contributed by atoms with Gasteiger partial charge in [-0.1, -0.05) is 13.8 Å². The average Bonchev–Trinajstić information content (AvgIpc) is 2.20. The van der Waals surface area contributed by atoms with Crippen molar-refractivity contribution < 1.29 is 14.7 Å². The number of hydrogen-bond donors (Lipinski definition) is 1. The molecule has 0 spiro atoms. The number of Topliss-reactive ketones (excluding diaryl/α,β-unsaturated/α-hetero) is 1. The molecule has 0 amide bonds. The molecule has 1 saturated carbocycles. The second-order valence-corrected chi connectivity index (χ2v) is 6.32. The van der Waals surface area contributed by atoms with Crippen molar-refractivity contribution in [2.45, 2.75) is 46.6 Å². The zero-order valence-electron chi connectivity index (χ0n) is 10.9. The first-order valence-electron chi connectivity index (χ1n) is 6.16. The Morgan fingerprint density at radius 3 is 2.47 bits per heavy atom. The summed E-state index contributed by atoms with van der Waals surface area (Å²) in [6.07, 6.45) is 2.11. The van der Waals surface area contributed by atoms with Crippen LogP contribution in [0.3, 0.4) is 0 Å². The molecular formula is C14H20O3. The van der Waals surface area contributed by atoms with Gasteiger partial charge in [0.15, 0.2) is 11.6 Å². The van der Waals surface area contributed by atoms with Crippen molar-refractivity contribution in [3.63, 3.8) is 0 Å². The first-order chi connectivity index (χ1) is 7.71. The summed E-state index contributed by atoms with van der Waals surface area (Å²) in [6.45, 7) is 7.44. The monoisotopic (exact) mass is 236 g/mol. The number of hydrogen-bond acceptors (Lipinski definition) is 3. The number of allylic oxidation sites excluding steroid dienone is 2. The molecule has 0 saturated heterocycles. The highest BCUT2D eigenvalue weighted by molar-refractivity contribution is 6.12. The fraction of sp³-hybridized carbons (Fsp3) is 0.714. The van der Waals surface area contributed by atoms with E-state index in [-0.39, 0.29) is 17.0 Å². The van der Waals surface area contributed by atoms with Crippen LogP contribution in [0.1, 0.15) is 40.5 Å². The fourth-order valence-corrected chi connectivity index (χ4v) is 3.71. The smallest absolute Gasteiger partial charge is 0.167 e. The summed E-state index contributed by atoms with van der Waals surface area (Å²) in [6, 6.07) is 0. The predicted molar refractivity (Wildman–Crippen MR) is 64.4 cm³/mol. The summed E-state index contributed by atoms with van der Waals surface area (Å²) in [4.78, 5) is 24.6. The molecule has 0 aromatic rings. The molecule has 3 atom stereocenters. The van der Waals surface area contributed by atoms with Crippen LogP contribution in [0.25, 0.3) is 0 Å². The second kappa shape index (κ2) is 3.52. The van der Waals surface area contributed by atoms with Gasteiger partial charge in [-0.2, -0.15) is 0 Å². The number of aliphatic hydroxyl groups excluding tert-OH is 1. The molecule has 3 nitrogen and oxygen atoms in total. The molecule has 0 aromatic heterocycles. The van der Waals surface area contributed by atoms with E-state index in [9.17, 15) is 14.7 Å². The van der Waals surface area contributed by atoms with Crippen molar-refractivity contribution >= 4 is 11.6 Å². The van der Waals surface area contributed by atoms with Gasteiger partial charge in [-0.3, -0.25) is 9.59 Å². The lowest BCUT2D eigenvalue weighted by molar-refractivity contribution is -0.160. The van der Waals surface area contributed by atoms with Crippen LogP contribution >= 0.6 is 0 Å². The summed E-state index contributed by atoms with van der Waals surface area (Å²) < 4.78 is 0. The molecule has 0 aliphatic heterocycles. The Hall–Kier alpha value is -0.960. The van der Waals surface area contributed by atoms with Gasteiger partial charge in [0.05, 0.1) is 11.5 Å². The predicted octanol–water partition coefficient (Wildman–Crippen LogP) is 1.89. The van der Waals surface area contributed by atoms with Gasteiger partial charge in [0.25, 0.3) is 0 Å². The van der Waals surface area contributed by atoms with Crippen molar-refractivity contribution in [2.75, 3.05) is 0 Å². The number of carbonyl (C=O) groups is 2. The summed E-state index contributed by atoms with van der Waals surface area (Å²) in [7, 11) is 0. The SMILES string of the molecule is CC1=CC(=O)[C@@H]2C(C)(C)CC[C@H](O)[C@]2(C)C1=O. The molecule has 1 N–H and O–H groups in total. The Kier molecular flexibility index (Phi) is 2.58. The molecule has 2 aliphatic rings. The van der Waals surface area contributed by atoms with Crippen LogP contribution in [0.4, 0.5) is 0 Å². The lowest BCUT2D eigenvalue weighted by atomic mass is 9.50. The van der Waals surface area contributed by atoms with E-state index in [2.05, 4.69) is 0 Å². The molecule has 1 fully saturated rings. The Balaban J connectivity index is 2.61. The minimum absolute atomic E-state index is 0.00616. The molecular weight excluding hydrogens is 216 g/mol. The molecule has 2 aliphatic carbocycles. The molecule has 17 heavy (non-hydrogen) atoms. The quantitative estimate of drug-likeness (QED) is 0.698. The third kappa shape index (κ3) is 1.52. The summed E-state index contributed by atoms with van der Waals surface area (Å²) >= 11 is 0. The van der Waals surface area contributed by atoms with Gasteiger partial charge in [0, 0.05) is 5.92 Å². The Bertz CT molecular complexity index is 419. The summed E-state index contributed by atoms with van der Waals surface area (Å²) in [5, 5.41) is 10.2. The van der Waals surface area contributed by atoms with Crippen molar-refractivity contribution in [1.29, 1.82) is 0 Å². The maximum absolute atomic E-state index is 12.3. The van der Waals surface area contributed by atoms with Crippen molar-refractivity contribution in [3.05, 3.63) is 11.6 Å². The van der Waals surface area contributed by atoms with Gasteiger partial charge in [0.1, 0.15) is 0 Å². The van der Waals surface area contributed by atoms with Gasteiger partial charge in [-0.25, -0.2) is 0 Å². The van der Waals surface area contributed by atoms with Crippen LogP contribution in [0, 0.1) is 16.7 Å². The van der Waals surface area contributed by atoms with E-state index in [0.29, 0.717) is 12.0 Å². The van der Waals surface area contributed by atoms with Crippen LogP contribution in [0.15, 0.2) is 11.6 Å². The standard InChI is InChI=1S/C14H20O3/c1-8-7-9(15)11-13(2,3)6-5-10(16)14(11,4)12(8)17/h7,10-11,16H,5-6H2,1-4H3/t10-,11+,14-/m0/s1. The van der Waals surface area contributed by atoms with Gasteiger partial charge in [0.2, 0.25) is 0 Å². The zero-order valence-corrected chi connectivity index (χ0v) is 10.9. The van der Waals surface area contributed by atoms with Crippen molar-refractivity contribution in [2.24, 2.45) is 16.7 Å². The van der Waals surface area contributed by atoms with Gasteiger partial charge in [-0.15, -0.1) is 0 Å². The normalized spacial score (nSPS) is 40.9. The third-order valence-electron chi connectivity index (χ3n) is 4.63. The van der Waals surface area contributed by atoms with Crippen molar-refractivity contribution in [3.8, 4) is 0 Å². The van der Waals surface area contributed by atoms with Crippen LogP contribution < -0.4 is 0 Å². The highest BCUT2D eigenvalue weighted by Crippen LogP contribution is 2.54. The Morgan fingerprint density at radius 1 is 1.29 bits per heavy atom. The van der Waals surface area contributed by atoms with Gasteiger partial charge in [-0.05, 0) is 43.8 Å². The Labute approximate surface area is 102 Å². The third-order valence-corrected chi connectivity index (χ3v) is 4.63. The number of fused-ring (bicyclic) bond motifs is 1. The van der Waals surface area contributed by atoms with Gasteiger partial charge >= 0.3 is 0 Å². The van der Waals surface area contributed by atoms with Crippen LogP contribution in [-0.4, -0.2) is 22.8 Å². The summed E-state index contributed by atoms with van der Waals surface area (Å²) in [5.41, 5.74) is -0.680. The van der Waals surface area contributed by atoms with E-state index in [1.54, 1.807) is 13.8 Å². The Morgan fingerprint density at radius 2 is 1.88 bits per heavy atom. The number of rotatable bonds is 0. The molecule has 0 radical (unpaired) electrons. The van der Waals surface area contributed by atoms with E-state index in [0.717, 1.165) is 6.42 Å². The molecule has 0 unspecified atom stereocenters. The zero-order chi connectivity index (χ0) is 13.0. The van der Waals surface area contributed by atoms with Crippen molar-refractivity contribution in [1.82, 2.24) is 0 Å². The first kappa shape index (κ1) is 12.5. The first-order valence-corrected chi connectivity index (χ1v) is 6.16. The number of ketones is 2. The fourth-order valence-electron chi connectivity index (χ4n) is 3.71. The molecule has 0 heterocycles. The van der Waals surface area contributed by atoms with E-state index < -0.39 is 17.4 Å².